The van der Waals surface area contributed by atoms with Crippen LogP contribution in [-0.4, -0.2) is 33.6 Å². The van der Waals surface area contributed by atoms with E-state index < -0.39 is 33.6 Å². The van der Waals surface area contributed by atoms with E-state index in [9.17, 15) is 18.0 Å². The highest BCUT2D eigenvalue weighted by Crippen LogP contribution is 2.26. The number of hydrogen-bond acceptors (Lipinski definition) is 6. The third kappa shape index (κ3) is 8.40. The molecule has 0 aliphatic heterocycles. The van der Waals surface area contributed by atoms with Crippen LogP contribution in [0.3, 0.4) is 0 Å². The van der Waals surface area contributed by atoms with E-state index >= 15 is 0 Å². The van der Waals surface area contributed by atoms with Gasteiger partial charge in [-0.2, -0.15) is 0 Å². The van der Waals surface area contributed by atoms with Gasteiger partial charge in [0.25, 0.3) is 0 Å². The number of unbranched alkanes of at least 4 members (excludes halogenated alkanes) is 3. The van der Waals surface area contributed by atoms with Crippen molar-refractivity contribution >= 4 is 21.8 Å². The van der Waals surface area contributed by atoms with Gasteiger partial charge in [0.15, 0.2) is 15.8 Å². The highest BCUT2D eigenvalue weighted by Gasteiger charge is 2.36. The predicted octanol–water partition coefficient (Wildman–Crippen LogP) is 4.30. The third-order valence-corrected chi connectivity index (χ3v) is 5.92. The summed E-state index contributed by atoms with van der Waals surface area (Å²) in [5.41, 5.74) is 0. The molecule has 1 rings (SSSR count). The van der Waals surface area contributed by atoms with E-state index in [2.05, 4.69) is 6.92 Å². The van der Waals surface area contributed by atoms with E-state index in [1.165, 1.54) is 18.2 Å². The lowest BCUT2D eigenvalue weighted by Crippen LogP contribution is -2.34. The second-order valence-corrected chi connectivity index (χ2v) is 8.52. The van der Waals surface area contributed by atoms with Crippen molar-refractivity contribution in [2.24, 2.45) is 11.8 Å². The van der Waals surface area contributed by atoms with Crippen molar-refractivity contribution in [3.8, 4) is 0 Å². The molecule has 0 radical (unpaired) electrons. The van der Waals surface area contributed by atoms with E-state index in [1.54, 1.807) is 32.0 Å². The molecule has 6 nitrogen and oxygen atoms in total. The summed E-state index contributed by atoms with van der Waals surface area (Å²) in [6.45, 7) is 5.66. The number of ether oxygens (including phenoxy) is 2. The molecule has 0 spiro atoms. The standard InChI is InChI=1S/C22H32O6S/c1-4-7-8-10-13-18(20(21(23)27-5-2)22(24)28-6-3)16-17-29(25,26)19-14-11-9-12-15-19/h9,11-12,14-18,20H,4-8,10,13H2,1-3H3/b17-16+. The van der Waals surface area contributed by atoms with Crippen LogP contribution in [0, 0.1) is 11.8 Å². The molecule has 0 saturated carbocycles. The molecular weight excluding hydrogens is 392 g/mol. The van der Waals surface area contributed by atoms with Crippen LogP contribution in [-0.2, 0) is 28.9 Å². The lowest BCUT2D eigenvalue weighted by atomic mass is 9.87. The summed E-state index contributed by atoms with van der Waals surface area (Å²) in [7, 11) is -3.68. The fraction of sp³-hybridized carbons (Fsp3) is 0.545. The van der Waals surface area contributed by atoms with E-state index in [4.69, 9.17) is 9.47 Å². The van der Waals surface area contributed by atoms with Gasteiger partial charge in [0, 0.05) is 11.3 Å². The van der Waals surface area contributed by atoms with E-state index in [0.29, 0.717) is 6.42 Å². The Hall–Kier alpha value is -2.15. The van der Waals surface area contributed by atoms with Gasteiger partial charge in [0.2, 0.25) is 0 Å². The predicted molar refractivity (Wildman–Crippen MR) is 112 cm³/mol. The summed E-state index contributed by atoms with van der Waals surface area (Å²) < 4.78 is 35.4. The molecule has 0 aromatic heterocycles. The number of sulfone groups is 1. The number of rotatable bonds is 13. The normalized spacial score (nSPS) is 12.8. The van der Waals surface area contributed by atoms with Crippen molar-refractivity contribution < 1.29 is 27.5 Å². The van der Waals surface area contributed by atoms with Crippen LogP contribution in [0.1, 0.15) is 52.9 Å². The second kappa shape index (κ2) is 13.1. The maximum atomic E-state index is 12.6. The minimum absolute atomic E-state index is 0.128. The minimum Gasteiger partial charge on any atom is -0.465 e. The molecule has 162 valence electrons. The lowest BCUT2D eigenvalue weighted by Gasteiger charge is -2.21. The minimum atomic E-state index is -3.68. The van der Waals surface area contributed by atoms with E-state index in [-0.39, 0.29) is 18.1 Å². The molecular formula is C22H32O6S. The summed E-state index contributed by atoms with van der Waals surface area (Å²) in [5, 5.41) is 1.08. The maximum Gasteiger partial charge on any atom is 0.320 e. The molecule has 1 atom stereocenters. The van der Waals surface area contributed by atoms with Gasteiger partial charge in [0.05, 0.1) is 18.1 Å². The Kier molecular flexibility index (Phi) is 11.3. The number of carbonyl (C=O) groups excluding carboxylic acids is 2. The highest BCUT2D eigenvalue weighted by atomic mass is 32.2. The molecule has 29 heavy (non-hydrogen) atoms. The van der Waals surface area contributed by atoms with Gasteiger partial charge in [-0.05, 0) is 32.4 Å². The Labute approximate surface area is 174 Å². The Morgan fingerprint density at radius 2 is 1.52 bits per heavy atom. The fourth-order valence-corrected chi connectivity index (χ4v) is 4.09. The molecule has 1 unspecified atom stereocenters. The van der Waals surface area contributed by atoms with Gasteiger partial charge in [-0.3, -0.25) is 9.59 Å². The molecule has 0 aliphatic rings. The summed E-state index contributed by atoms with van der Waals surface area (Å²) in [5.74, 6) is -3.18. The van der Waals surface area contributed by atoms with Crippen LogP contribution in [0.5, 0.6) is 0 Å². The summed E-state index contributed by atoms with van der Waals surface area (Å²) in [6, 6.07) is 8.02. The molecule has 1 aromatic carbocycles. The monoisotopic (exact) mass is 424 g/mol. The Morgan fingerprint density at radius 1 is 0.931 bits per heavy atom. The zero-order chi connectivity index (χ0) is 21.7. The SMILES string of the molecule is CCCCCCC(/C=C/S(=O)(=O)c1ccccc1)C(C(=O)OCC)C(=O)OCC. The number of esters is 2. The number of allylic oxidation sites excluding steroid dienone is 1. The van der Waals surface area contributed by atoms with E-state index in [0.717, 1.165) is 31.1 Å². The maximum absolute atomic E-state index is 12.6. The molecule has 0 amide bonds. The van der Waals surface area contributed by atoms with Crippen LogP contribution in [0.4, 0.5) is 0 Å². The Bertz CT molecular complexity index is 737. The smallest absolute Gasteiger partial charge is 0.320 e. The van der Waals surface area contributed by atoms with Gasteiger partial charge in [-0.1, -0.05) is 56.9 Å². The summed E-state index contributed by atoms with van der Waals surface area (Å²) in [6.07, 6.45) is 5.70. The van der Waals surface area contributed by atoms with E-state index in [1.807, 2.05) is 0 Å². The van der Waals surface area contributed by atoms with Crippen LogP contribution in [0.15, 0.2) is 46.7 Å². The highest BCUT2D eigenvalue weighted by molar-refractivity contribution is 7.94. The van der Waals surface area contributed by atoms with Crippen molar-refractivity contribution in [2.75, 3.05) is 13.2 Å². The van der Waals surface area contributed by atoms with Crippen LogP contribution >= 0.6 is 0 Å². The van der Waals surface area contributed by atoms with Gasteiger partial charge >= 0.3 is 11.9 Å². The average Bonchev–Trinajstić information content (AvgIpc) is 2.70. The van der Waals surface area contributed by atoms with Crippen LogP contribution < -0.4 is 0 Å². The zero-order valence-electron chi connectivity index (χ0n) is 17.5. The second-order valence-electron chi connectivity index (χ2n) is 6.68. The molecule has 0 N–H and O–H groups in total. The quantitative estimate of drug-likeness (QED) is 0.266. The average molecular weight is 425 g/mol. The molecule has 0 heterocycles. The topological polar surface area (TPSA) is 86.7 Å². The molecule has 0 saturated heterocycles. The first kappa shape index (κ1) is 24.9. The van der Waals surface area contributed by atoms with Crippen molar-refractivity contribution in [3.63, 3.8) is 0 Å². The molecule has 0 bridgehead atoms. The van der Waals surface area contributed by atoms with Crippen LogP contribution in [0.2, 0.25) is 0 Å². The van der Waals surface area contributed by atoms with Crippen molar-refractivity contribution in [2.45, 2.75) is 57.8 Å². The van der Waals surface area contributed by atoms with Gasteiger partial charge < -0.3 is 9.47 Å². The number of benzene rings is 1. The van der Waals surface area contributed by atoms with Crippen molar-refractivity contribution in [3.05, 3.63) is 41.8 Å². The zero-order valence-corrected chi connectivity index (χ0v) is 18.3. The molecule has 0 fully saturated rings. The third-order valence-electron chi connectivity index (χ3n) is 4.48. The van der Waals surface area contributed by atoms with Gasteiger partial charge in [0.1, 0.15) is 0 Å². The fourth-order valence-electron chi connectivity index (χ4n) is 2.98. The first-order valence-corrected chi connectivity index (χ1v) is 11.7. The molecule has 7 heteroatoms. The Balaban J connectivity index is 3.17. The van der Waals surface area contributed by atoms with Crippen molar-refractivity contribution in [1.29, 1.82) is 0 Å². The first-order chi connectivity index (χ1) is 13.9. The summed E-state index contributed by atoms with van der Waals surface area (Å²) >= 11 is 0. The molecule has 1 aromatic rings. The molecule has 0 aliphatic carbocycles. The van der Waals surface area contributed by atoms with Crippen molar-refractivity contribution in [1.82, 2.24) is 0 Å². The first-order valence-electron chi connectivity index (χ1n) is 10.2. The van der Waals surface area contributed by atoms with Gasteiger partial charge in [-0.15, -0.1) is 0 Å². The lowest BCUT2D eigenvalue weighted by molar-refractivity contribution is -0.163. The van der Waals surface area contributed by atoms with Crippen LogP contribution in [0.25, 0.3) is 0 Å². The largest absolute Gasteiger partial charge is 0.465 e. The number of carbonyl (C=O) groups is 2. The van der Waals surface area contributed by atoms with Gasteiger partial charge in [-0.25, -0.2) is 8.42 Å². The number of hydrogen-bond donors (Lipinski definition) is 0. The Morgan fingerprint density at radius 3 is 2.03 bits per heavy atom. The summed E-state index contributed by atoms with van der Waals surface area (Å²) in [4.78, 5) is 25.1.